The largest absolute Gasteiger partial charge is 0.490 e. The molecule has 0 aliphatic rings. The number of benzene rings is 2. The molecular weight excluding hydrogens is 430 g/mol. The normalized spacial score (nSPS) is 11.3. The van der Waals surface area contributed by atoms with E-state index in [1.807, 2.05) is 13.8 Å². The first-order valence-electron chi connectivity index (χ1n) is 8.92. The summed E-state index contributed by atoms with van der Waals surface area (Å²) in [6.45, 7) is 3.84. The van der Waals surface area contributed by atoms with E-state index in [4.69, 9.17) is 26.2 Å². The number of hydrogen-bond donors (Lipinski definition) is 1. The van der Waals surface area contributed by atoms with Crippen LogP contribution in [0.1, 0.15) is 21.7 Å². The average Bonchev–Trinajstić information content (AvgIpc) is 2.98. The molecular formula is C20H20ClN3O5S. The Labute approximate surface area is 179 Å². The minimum absolute atomic E-state index is 0.00698. The van der Waals surface area contributed by atoms with E-state index in [2.05, 4.69) is 5.10 Å². The van der Waals surface area contributed by atoms with Gasteiger partial charge in [-0.05, 0) is 62.4 Å². The van der Waals surface area contributed by atoms with Gasteiger partial charge < -0.3 is 9.47 Å². The minimum atomic E-state index is -3.75. The highest BCUT2D eigenvalue weighted by Gasteiger charge is 2.12. The van der Waals surface area contributed by atoms with Crippen molar-refractivity contribution >= 4 is 27.6 Å². The molecule has 0 saturated heterocycles. The van der Waals surface area contributed by atoms with Crippen molar-refractivity contribution in [3.05, 3.63) is 70.5 Å². The van der Waals surface area contributed by atoms with Crippen LogP contribution < -0.4 is 9.88 Å². The van der Waals surface area contributed by atoms with Gasteiger partial charge >= 0.3 is 5.97 Å². The van der Waals surface area contributed by atoms with Gasteiger partial charge in [0, 0.05) is 0 Å². The van der Waals surface area contributed by atoms with Gasteiger partial charge in [0.25, 0.3) is 0 Å². The fraction of sp³-hybridized carbons (Fsp3) is 0.200. The second-order valence-corrected chi connectivity index (χ2v) is 8.38. The summed E-state index contributed by atoms with van der Waals surface area (Å²) in [6, 6.07) is 12.5. The molecule has 1 heterocycles. The molecule has 0 saturated carbocycles. The number of ether oxygens (including phenoxy) is 2. The number of nitrogens with zero attached hydrogens (tertiary/aromatic N) is 2. The summed E-state index contributed by atoms with van der Waals surface area (Å²) in [7, 11) is -3.75. The summed E-state index contributed by atoms with van der Waals surface area (Å²) in [5, 5.41) is 10.0. The highest BCUT2D eigenvalue weighted by Crippen LogP contribution is 2.22. The number of esters is 1. The number of rotatable bonds is 7. The van der Waals surface area contributed by atoms with Crippen LogP contribution in [0.3, 0.4) is 0 Å². The molecule has 0 bridgehead atoms. The number of aromatic nitrogens is 2. The maximum Gasteiger partial charge on any atom is 0.338 e. The Morgan fingerprint density at radius 3 is 2.23 bits per heavy atom. The third-order valence-electron chi connectivity index (χ3n) is 4.29. The lowest BCUT2D eigenvalue weighted by molar-refractivity contribution is 0.0450. The van der Waals surface area contributed by atoms with E-state index in [-0.39, 0.29) is 18.1 Å². The maximum atomic E-state index is 12.2. The zero-order chi connectivity index (χ0) is 21.9. The van der Waals surface area contributed by atoms with Crippen LogP contribution in [0.4, 0.5) is 0 Å². The molecule has 0 atom stereocenters. The van der Waals surface area contributed by atoms with Crippen LogP contribution in [-0.2, 0) is 14.8 Å². The van der Waals surface area contributed by atoms with Crippen LogP contribution in [0.25, 0.3) is 5.69 Å². The fourth-order valence-corrected chi connectivity index (χ4v) is 3.35. The van der Waals surface area contributed by atoms with E-state index in [1.54, 1.807) is 28.9 Å². The van der Waals surface area contributed by atoms with Crippen molar-refractivity contribution in [3.8, 4) is 11.4 Å². The topological polar surface area (TPSA) is 114 Å². The lowest BCUT2D eigenvalue weighted by Crippen LogP contribution is -2.13. The Kier molecular flexibility index (Phi) is 6.45. The van der Waals surface area contributed by atoms with Gasteiger partial charge in [-0.3, -0.25) is 0 Å². The second-order valence-electron chi connectivity index (χ2n) is 6.44. The SMILES string of the molecule is Cc1nn(-c2ccc(C(=O)OCCOc3ccc(S(N)(=O)=O)cc3)cc2)c(C)c1Cl. The van der Waals surface area contributed by atoms with E-state index >= 15 is 0 Å². The summed E-state index contributed by atoms with van der Waals surface area (Å²) in [4.78, 5) is 12.2. The van der Waals surface area contributed by atoms with E-state index < -0.39 is 16.0 Å². The third kappa shape index (κ3) is 4.99. The second kappa shape index (κ2) is 8.86. The number of halogens is 1. The predicted octanol–water partition coefficient (Wildman–Crippen LogP) is 3.03. The van der Waals surface area contributed by atoms with Crippen LogP contribution in [0.5, 0.6) is 5.75 Å². The first kappa shape index (κ1) is 21.8. The number of hydrogen-bond acceptors (Lipinski definition) is 6. The Balaban J connectivity index is 1.52. The van der Waals surface area contributed by atoms with Gasteiger partial charge in [0.15, 0.2) is 0 Å². The van der Waals surface area contributed by atoms with Crippen molar-refractivity contribution in [2.75, 3.05) is 13.2 Å². The standard InChI is InChI=1S/C20H20ClN3O5S/c1-13-19(21)14(2)24(23-13)16-5-3-15(4-6-16)20(25)29-12-11-28-17-7-9-18(10-8-17)30(22,26)27/h3-10H,11-12H2,1-2H3,(H2,22,26,27). The molecule has 0 fully saturated rings. The molecule has 3 aromatic rings. The zero-order valence-electron chi connectivity index (χ0n) is 16.3. The van der Waals surface area contributed by atoms with Gasteiger partial charge in [-0.15, -0.1) is 0 Å². The fourth-order valence-electron chi connectivity index (χ4n) is 2.72. The monoisotopic (exact) mass is 449 g/mol. The van der Waals surface area contributed by atoms with Crippen LogP contribution in [0.15, 0.2) is 53.4 Å². The number of primary sulfonamides is 1. The molecule has 0 aliphatic carbocycles. The Bertz CT molecular complexity index is 1160. The van der Waals surface area contributed by atoms with Gasteiger partial charge in [0.05, 0.1) is 32.6 Å². The van der Waals surface area contributed by atoms with Gasteiger partial charge in [-0.2, -0.15) is 5.10 Å². The lowest BCUT2D eigenvalue weighted by atomic mass is 10.2. The molecule has 30 heavy (non-hydrogen) atoms. The molecule has 8 nitrogen and oxygen atoms in total. The van der Waals surface area contributed by atoms with Crippen LogP contribution in [0.2, 0.25) is 5.02 Å². The highest BCUT2D eigenvalue weighted by atomic mass is 35.5. The lowest BCUT2D eigenvalue weighted by Gasteiger charge is -2.09. The summed E-state index contributed by atoms with van der Waals surface area (Å²) in [6.07, 6.45) is 0. The Hall–Kier alpha value is -2.88. The van der Waals surface area contributed by atoms with Gasteiger partial charge in [-0.25, -0.2) is 23.0 Å². The molecule has 0 aliphatic heterocycles. The number of carbonyl (C=O) groups excluding carboxylic acids is 1. The first-order chi connectivity index (χ1) is 14.2. The summed E-state index contributed by atoms with van der Waals surface area (Å²) in [5.41, 5.74) is 2.73. The minimum Gasteiger partial charge on any atom is -0.490 e. The molecule has 0 amide bonds. The predicted molar refractivity (Wildman–Crippen MR) is 112 cm³/mol. The van der Waals surface area contributed by atoms with Crippen molar-refractivity contribution in [1.29, 1.82) is 0 Å². The average molecular weight is 450 g/mol. The Morgan fingerprint density at radius 2 is 1.70 bits per heavy atom. The molecule has 0 spiro atoms. The van der Waals surface area contributed by atoms with Crippen LogP contribution >= 0.6 is 11.6 Å². The van der Waals surface area contributed by atoms with Gasteiger partial charge in [0.2, 0.25) is 10.0 Å². The highest BCUT2D eigenvalue weighted by molar-refractivity contribution is 7.89. The van der Waals surface area contributed by atoms with E-state index in [9.17, 15) is 13.2 Å². The summed E-state index contributed by atoms with van der Waals surface area (Å²) in [5.74, 6) is -0.0486. The van der Waals surface area contributed by atoms with Crippen molar-refractivity contribution in [2.24, 2.45) is 5.14 Å². The van der Waals surface area contributed by atoms with E-state index in [0.29, 0.717) is 16.3 Å². The molecule has 2 N–H and O–H groups in total. The van der Waals surface area contributed by atoms with Crippen LogP contribution in [-0.4, -0.2) is 37.4 Å². The number of carbonyl (C=O) groups is 1. The van der Waals surface area contributed by atoms with Crippen molar-refractivity contribution < 1.29 is 22.7 Å². The summed E-state index contributed by atoms with van der Waals surface area (Å²) >= 11 is 6.17. The van der Waals surface area contributed by atoms with Crippen molar-refractivity contribution in [2.45, 2.75) is 18.7 Å². The quantitative estimate of drug-likeness (QED) is 0.438. The number of aryl methyl sites for hydroxylation is 1. The molecule has 0 radical (unpaired) electrons. The molecule has 1 aromatic heterocycles. The van der Waals surface area contributed by atoms with Gasteiger partial charge in [-0.1, -0.05) is 11.6 Å². The maximum absolute atomic E-state index is 12.2. The molecule has 158 valence electrons. The summed E-state index contributed by atoms with van der Waals surface area (Å²) < 4.78 is 34.8. The molecule has 0 unspecified atom stereocenters. The van der Waals surface area contributed by atoms with Gasteiger partial charge in [0.1, 0.15) is 19.0 Å². The first-order valence-corrected chi connectivity index (χ1v) is 10.8. The van der Waals surface area contributed by atoms with Crippen molar-refractivity contribution in [3.63, 3.8) is 0 Å². The number of nitrogens with two attached hydrogens (primary N) is 1. The smallest absolute Gasteiger partial charge is 0.338 e. The third-order valence-corrected chi connectivity index (χ3v) is 5.76. The van der Waals surface area contributed by atoms with Crippen LogP contribution in [0, 0.1) is 13.8 Å². The van der Waals surface area contributed by atoms with Crippen molar-refractivity contribution in [1.82, 2.24) is 9.78 Å². The molecule has 10 heteroatoms. The molecule has 2 aromatic carbocycles. The zero-order valence-corrected chi connectivity index (χ0v) is 17.9. The Morgan fingerprint density at radius 1 is 1.07 bits per heavy atom. The molecule has 3 rings (SSSR count). The number of sulfonamides is 1. The van der Waals surface area contributed by atoms with E-state index in [0.717, 1.165) is 17.1 Å². The van der Waals surface area contributed by atoms with E-state index in [1.165, 1.54) is 24.3 Å².